The number of allylic oxidation sites excluding steroid dienone is 1. The van der Waals surface area contributed by atoms with E-state index < -0.39 is 11.4 Å². The maximum Gasteiger partial charge on any atom is 0.287 e. The molecule has 0 bridgehead atoms. The Kier molecular flexibility index (Phi) is 4.62. The first-order chi connectivity index (χ1) is 6.21. The second kappa shape index (κ2) is 4.80. The van der Waals surface area contributed by atoms with Gasteiger partial charge in [-0.1, -0.05) is 23.2 Å². The normalized spacial score (nSPS) is 13.3. The number of nitrogens with zero attached hydrogens (tertiary/aromatic N) is 2. The molecule has 0 unspecified atom stereocenters. The summed E-state index contributed by atoms with van der Waals surface area (Å²) in [7, 11) is 0. The first kappa shape index (κ1) is 13.5. The molecule has 5 heteroatoms. The van der Waals surface area contributed by atoms with Crippen LogP contribution >= 0.6 is 23.2 Å². The Morgan fingerprint density at radius 1 is 1.36 bits per heavy atom. The van der Waals surface area contributed by atoms with E-state index >= 15 is 0 Å². The third-order valence-electron chi connectivity index (χ3n) is 1.46. The van der Waals surface area contributed by atoms with Crippen molar-refractivity contribution in [3.63, 3.8) is 0 Å². The van der Waals surface area contributed by atoms with E-state index in [0.29, 0.717) is 0 Å². The molecule has 0 aromatic heterocycles. The largest absolute Gasteiger partial charge is 0.287 e. The Balaban J connectivity index is 5.02. The van der Waals surface area contributed by atoms with Crippen molar-refractivity contribution < 1.29 is 4.79 Å². The smallest absolute Gasteiger partial charge is 0.266 e. The molecular formula is C9H14Cl2N2O. The highest BCUT2D eigenvalue weighted by Gasteiger charge is 2.28. The van der Waals surface area contributed by atoms with Crippen LogP contribution in [0.2, 0.25) is 0 Å². The van der Waals surface area contributed by atoms with Gasteiger partial charge >= 0.3 is 0 Å². The van der Waals surface area contributed by atoms with Gasteiger partial charge in [-0.05, 0) is 27.7 Å². The van der Waals surface area contributed by atoms with E-state index in [4.69, 9.17) is 23.2 Å². The summed E-state index contributed by atoms with van der Waals surface area (Å²) in [4.78, 5) is 11.7. The van der Waals surface area contributed by atoms with E-state index in [1.807, 2.05) is 20.8 Å². The van der Waals surface area contributed by atoms with Crippen LogP contribution in [0.1, 0.15) is 27.7 Å². The SMILES string of the molecule is C=NN(C(=O)/C(Cl)=C(\C)Cl)C(C)(C)C. The Bertz CT molecular complexity index is 275. The zero-order valence-electron chi connectivity index (χ0n) is 8.77. The number of rotatable bonds is 2. The zero-order valence-corrected chi connectivity index (χ0v) is 10.3. The van der Waals surface area contributed by atoms with Gasteiger partial charge in [-0.3, -0.25) is 4.79 Å². The molecule has 3 nitrogen and oxygen atoms in total. The summed E-state index contributed by atoms with van der Waals surface area (Å²) in [6, 6.07) is 0. The van der Waals surface area contributed by atoms with Crippen molar-refractivity contribution in [3.05, 3.63) is 10.1 Å². The van der Waals surface area contributed by atoms with E-state index in [9.17, 15) is 4.79 Å². The number of hydrazone groups is 1. The van der Waals surface area contributed by atoms with Gasteiger partial charge in [0.05, 0.1) is 5.54 Å². The lowest BCUT2D eigenvalue weighted by molar-refractivity contribution is -0.131. The van der Waals surface area contributed by atoms with Crippen LogP contribution in [0.25, 0.3) is 0 Å². The Morgan fingerprint density at radius 2 is 1.79 bits per heavy atom. The van der Waals surface area contributed by atoms with Gasteiger partial charge in [0.2, 0.25) is 0 Å². The van der Waals surface area contributed by atoms with Gasteiger partial charge in [0.25, 0.3) is 5.91 Å². The maximum atomic E-state index is 11.7. The number of hydrogen-bond acceptors (Lipinski definition) is 2. The molecule has 0 aliphatic rings. The average molecular weight is 237 g/mol. The monoisotopic (exact) mass is 236 g/mol. The molecule has 0 aromatic rings. The maximum absolute atomic E-state index is 11.7. The third kappa shape index (κ3) is 3.31. The van der Waals surface area contributed by atoms with Crippen molar-refractivity contribution in [3.8, 4) is 0 Å². The van der Waals surface area contributed by atoms with Crippen molar-refractivity contribution in [2.45, 2.75) is 33.2 Å². The van der Waals surface area contributed by atoms with E-state index in [1.165, 1.54) is 5.01 Å². The molecule has 0 radical (unpaired) electrons. The van der Waals surface area contributed by atoms with Crippen LogP contribution < -0.4 is 0 Å². The molecule has 0 rings (SSSR count). The molecule has 14 heavy (non-hydrogen) atoms. The van der Waals surface area contributed by atoms with Crippen LogP contribution in [0.4, 0.5) is 0 Å². The second-order valence-corrected chi connectivity index (χ2v) is 4.72. The molecular weight excluding hydrogens is 223 g/mol. The van der Waals surface area contributed by atoms with Crippen molar-refractivity contribution in [1.82, 2.24) is 5.01 Å². The van der Waals surface area contributed by atoms with Crippen molar-refractivity contribution in [2.24, 2.45) is 5.10 Å². The summed E-state index contributed by atoms with van der Waals surface area (Å²) in [5.41, 5.74) is -0.467. The summed E-state index contributed by atoms with van der Waals surface area (Å²) >= 11 is 11.3. The van der Waals surface area contributed by atoms with E-state index in [2.05, 4.69) is 11.8 Å². The predicted molar refractivity (Wildman–Crippen MR) is 60.6 cm³/mol. The molecule has 0 saturated heterocycles. The van der Waals surface area contributed by atoms with Gasteiger partial charge in [-0.2, -0.15) is 5.10 Å². The molecule has 0 spiro atoms. The van der Waals surface area contributed by atoms with Crippen LogP contribution in [-0.2, 0) is 4.79 Å². The highest BCUT2D eigenvalue weighted by atomic mass is 35.5. The van der Waals surface area contributed by atoms with Crippen LogP contribution in [0, 0.1) is 0 Å². The van der Waals surface area contributed by atoms with Crippen LogP contribution in [0.3, 0.4) is 0 Å². The minimum absolute atomic E-state index is 0.0333. The van der Waals surface area contributed by atoms with E-state index in [1.54, 1.807) is 6.92 Å². The van der Waals surface area contributed by atoms with Gasteiger partial charge in [0, 0.05) is 11.7 Å². The van der Waals surface area contributed by atoms with Gasteiger partial charge in [0.15, 0.2) is 0 Å². The minimum Gasteiger partial charge on any atom is -0.266 e. The predicted octanol–water partition coefficient (Wildman–Crippen LogP) is 2.94. The highest BCUT2D eigenvalue weighted by Crippen LogP contribution is 2.21. The fourth-order valence-electron chi connectivity index (χ4n) is 0.821. The van der Waals surface area contributed by atoms with E-state index in [0.717, 1.165) is 0 Å². The van der Waals surface area contributed by atoms with Crippen LogP contribution in [0.5, 0.6) is 0 Å². The van der Waals surface area contributed by atoms with Gasteiger partial charge in [-0.15, -0.1) is 0 Å². The first-order valence-electron chi connectivity index (χ1n) is 4.05. The number of amides is 1. The summed E-state index contributed by atoms with van der Waals surface area (Å²) in [6.45, 7) is 10.3. The molecule has 1 amide bonds. The van der Waals surface area contributed by atoms with E-state index in [-0.39, 0.29) is 10.1 Å². The minimum atomic E-state index is -0.467. The van der Waals surface area contributed by atoms with Crippen molar-refractivity contribution in [1.29, 1.82) is 0 Å². The van der Waals surface area contributed by atoms with Crippen LogP contribution in [-0.4, -0.2) is 23.2 Å². The Morgan fingerprint density at radius 3 is 2.00 bits per heavy atom. The quantitative estimate of drug-likeness (QED) is 0.413. The molecule has 0 aromatic carbocycles. The molecule has 0 heterocycles. The molecule has 80 valence electrons. The summed E-state index contributed by atoms with van der Waals surface area (Å²) in [5.74, 6) is -0.443. The van der Waals surface area contributed by atoms with Gasteiger partial charge < -0.3 is 0 Å². The first-order valence-corrected chi connectivity index (χ1v) is 4.80. The summed E-state index contributed by atoms with van der Waals surface area (Å²) in [5, 5.41) is 5.03. The Hall–Kier alpha value is -0.540. The van der Waals surface area contributed by atoms with Crippen molar-refractivity contribution >= 4 is 35.8 Å². The topological polar surface area (TPSA) is 32.7 Å². The molecule has 0 atom stereocenters. The number of carbonyl (C=O) groups excluding carboxylic acids is 1. The average Bonchev–Trinajstić information content (AvgIpc) is 2.01. The fraction of sp³-hybridized carbons (Fsp3) is 0.556. The number of halogens is 2. The lowest BCUT2D eigenvalue weighted by atomic mass is 10.1. The zero-order chi connectivity index (χ0) is 11.5. The van der Waals surface area contributed by atoms with Gasteiger partial charge in [-0.25, -0.2) is 5.01 Å². The van der Waals surface area contributed by atoms with Crippen LogP contribution in [0.15, 0.2) is 15.2 Å². The molecule has 0 aliphatic carbocycles. The lowest BCUT2D eigenvalue weighted by Crippen LogP contribution is -2.41. The standard InChI is InChI=1S/C9H14Cl2N2O/c1-6(10)7(11)8(14)13(12-5)9(2,3)4/h5H2,1-4H3/b7-6-. The lowest BCUT2D eigenvalue weighted by Gasteiger charge is -2.30. The third-order valence-corrected chi connectivity index (χ3v) is 2.19. The highest BCUT2D eigenvalue weighted by molar-refractivity contribution is 6.47. The van der Waals surface area contributed by atoms with Crippen molar-refractivity contribution in [2.75, 3.05) is 0 Å². The molecule has 0 N–H and O–H groups in total. The second-order valence-electron chi connectivity index (χ2n) is 3.78. The summed E-state index contributed by atoms with van der Waals surface area (Å²) < 4.78 is 0. The van der Waals surface area contributed by atoms with Gasteiger partial charge in [0.1, 0.15) is 5.03 Å². The molecule has 0 aliphatic heterocycles. The Labute approximate surface area is 94.4 Å². The molecule has 0 fully saturated rings. The number of carbonyl (C=O) groups is 1. The number of hydrogen-bond donors (Lipinski definition) is 0. The molecule has 0 saturated carbocycles. The fourth-order valence-corrected chi connectivity index (χ4v) is 0.982. The summed E-state index contributed by atoms with van der Waals surface area (Å²) in [6.07, 6.45) is 0.